The maximum Gasteiger partial charge on any atom is 0.176 e. The van der Waals surface area contributed by atoms with E-state index in [4.69, 9.17) is 0 Å². The summed E-state index contributed by atoms with van der Waals surface area (Å²) in [5.74, 6) is 0. The summed E-state index contributed by atoms with van der Waals surface area (Å²) in [6.45, 7) is 0. The average molecular weight is 300 g/mol. The number of alkyl halides is 2. The number of benzene rings is 1. The van der Waals surface area contributed by atoms with E-state index in [9.17, 15) is 12.8 Å². The minimum Gasteiger partial charge on any atom is -0.231 e. The van der Waals surface area contributed by atoms with Crippen molar-refractivity contribution in [1.29, 1.82) is 0 Å². The Bertz CT molecular complexity index is 324. The van der Waals surface area contributed by atoms with E-state index in [0.29, 0.717) is 5.56 Å². The summed E-state index contributed by atoms with van der Waals surface area (Å²) in [7, 11) is -2.55. The second-order valence-electron chi connectivity index (χ2n) is 2.15. The van der Waals surface area contributed by atoms with E-state index in [1.807, 2.05) is 0 Å². The van der Waals surface area contributed by atoms with E-state index in [1.54, 1.807) is 22.6 Å². The molecule has 0 saturated heterocycles. The first kappa shape index (κ1) is 9.91. The molecule has 1 aromatic rings. The predicted octanol–water partition coefficient (Wildman–Crippen LogP) is 2.06. The lowest BCUT2D eigenvalue weighted by atomic mass is 10.2. The molecule has 0 N–H and O–H groups in total. The molecule has 0 aromatic heterocycles. The van der Waals surface area contributed by atoms with Gasteiger partial charge in [-0.25, -0.2) is 12.8 Å². The van der Waals surface area contributed by atoms with E-state index >= 15 is 0 Å². The van der Waals surface area contributed by atoms with Crippen LogP contribution in [0.5, 0.6) is 0 Å². The first-order chi connectivity index (χ1) is 5.61. The van der Waals surface area contributed by atoms with Gasteiger partial charge >= 0.3 is 0 Å². The first-order valence-corrected chi connectivity index (χ1v) is 5.56. The molecule has 5 heteroatoms. The summed E-state index contributed by atoms with van der Waals surface area (Å²) in [5, 5.41) is 0. The normalized spacial score (nSPS) is 13.2. The summed E-state index contributed by atoms with van der Waals surface area (Å²) in [5.41, 5.74) is 0.483. The molecule has 0 aliphatic rings. The highest BCUT2D eigenvalue weighted by atomic mass is 127. The maximum atomic E-state index is 12.6. The van der Waals surface area contributed by atoms with Crippen molar-refractivity contribution in [3.05, 3.63) is 29.8 Å². The Kier molecular flexibility index (Phi) is 3.45. The van der Waals surface area contributed by atoms with Crippen molar-refractivity contribution < 1.29 is 12.8 Å². The molecule has 1 unspecified atom stereocenters. The zero-order valence-corrected chi connectivity index (χ0v) is 8.96. The van der Waals surface area contributed by atoms with Crippen LogP contribution in [0.15, 0.2) is 29.2 Å². The SMILES string of the molecule is O=[SH](=O)c1ccc(C(F)I)cc1. The van der Waals surface area contributed by atoms with Gasteiger partial charge in [-0.05, 0) is 40.3 Å². The smallest absolute Gasteiger partial charge is 0.176 e. The van der Waals surface area contributed by atoms with Crippen molar-refractivity contribution >= 4 is 33.3 Å². The van der Waals surface area contributed by atoms with Crippen molar-refractivity contribution in [2.75, 3.05) is 0 Å². The lowest BCUT2D eigenvalue weighted by molar-refractivity contribution is 0.490. The fraction of sp³-hybridized carbons (Fsp3) is 0.143. The van der Waals surface area contributed by atoms with Gasteiger partial charge in [0.25, 0.3) is 0 Å². The quantitative estimate of drug-likeness (QED) is 0.515. The summed E-state index contributed by atoms with van der Waals surface area (Å²) in [4.78, 5) is 0.214. The van der Waals surface area contributed by atoms with Crippen LogP contribution < -0.4 is 0 Å². The van der Waals surface area contributed by atoms with Crippen LogP contribution in [0.2, 0.25) is 0 Å². The molecule has 0 spiro atoms. The van der Waals surface area contributed by atoms with Crippen LogP contribution in [-0.4, -0.2) is 8.42 Å². The van der Waals surface area contributed by atoms with Crippen molar-refractivity contribution in [1.82, 2.24) is 0 Å². The number of halogens is 2. The van der Waals surface area contributed by atoms with Gasteiger partial charge in [0, 0.05) is 0 Å². The molecule has 0 aliphatic carbocycles. The molecule has 0 saturated carbocycles. The highest BCUT2D eigenvalue weighted by Crippen LogP contribution is 2.24. The third-order valence-corrected chi connectivity index (χ3v) is 2.79. The van der Waals surface area contributed by atoms with Gasteiger partial charge in [-0.15, -0.1) is 0 Å². The predicted molar refractivity (Wildman–Crippen MR) is 52.9 cm³/mol. The molecule has 0 radical (unpaired) electrons. The Morgan fingerprint density at radius 3 is 2.08 bits per heavy atom. The molecule has 0 heterocycles. The highest BCUT2D eigenvalue weighted by Gasteiger charge is 2.03. The topological polar surface area (TPSA) is 34.1 Å². The van der Waals surface area contributed by atoms with E-state index in [0.717, 1.165) is 0 Å². The van der Waals surface area contributed by atoms with Crippen molar-refractivity contribution in [3.63, 3.8) is 0 Å². The van der Waals surface area contributed by atoms with E-state index in [-0.39, 0.29) is 4.90 Å². The summed E-state index contributed by atoms with van der Waals surface area (Å²) >= 11 is 1.62. The summed E-state index contributed by atoms with van der Waals surface area (Å²) in [6.07, 6.45) is 0. The molecule has 1 atom stereocenters. The second-order valence-corrected chi connectivity index (χ2v) is 4.27. The Labute approximate surface area is 84.9 Å². The second kappa shape index (κ2) is 4.18. The first-order valence-electron chi connectivity index (χ1n) is 3.14. The fourth-order valence-corrected chi connectivity index (χ4v) is 1.55. The zero-order chi connectivity index (χ0) is 9.14. The molecule has 0 fully saturated rings. The highest BCUT2D eigenvalue weighted by molar-refractivity contribution is 14.1. The van der Waals surface area contributed by atoms with Crippen LogP contribution in [0.3, 0.4) is 0 Å². The van der Waals surface area contributed by atoms with E-state index in [2.05, 4.69) is 0 Å². The maximum absolute atomic E-state index is 12.6. The molecule has 0 amide bonds. The lowest BCUT2D eigenvalue weighted by Crippen LogP contribution is -1.83. The molecule has 0 bridgehead atoms. The Morgan fingerprint density at radius 2 is 1.75 bits per heavy atom. The van der Waals surface area contributed by atoms with Gasteiger partial charge in [0.05, 0.1) is 4.90 Å². The van der Waals surface area contributed by atoms with Gasteiger partial charge in [-0.3, -0.25) is 0 Å². The van der Waals surface area contributed by atoms with Crippen LogP contribution in [0.1, 0.15) is 9.74 Å². The van der Waals surface area contributed by atoms with Crippen molar-refractivity contribution in [2.45, 2.75) is 9.07 Å². The van der Waals surface area contributed by atoms with Gasteiger partial charge in [0.1, 0.15) is 0 Å². The summed E-state index contributed by atoms with van der Waals surface area (Å²) in [6, 6.07) is 5.73. The zero-order valence-electron chi connectivity index (χ0n) is 5.91. The van der Waals surface area contributed by atoms with Crippen LogP contribution in [-0.2, 0) is 10.7 Å². The van der Waals surface area contributed by atoms with Crippen LogP contribution in [0.4, 0.5) is 4.39 Å². The minimum absolute atomic E-state index is 0.214. The minimum atomic E-state index is -2.55. The van der Waals surface area contributed by atoms with Gasteiger partial charge < -0.3 is 0 Å². The number of hydrogen-bond acceptors (Lipinski definition) is 2. The molecular weight excluding hydrogens is 294 g/mol. The number of thiol groups is 1. The van der Waals surface area contributed by atoms with Crippen LogP contribution in [0.25, 0.3) is 0 Å². The Hall–Kier alpha value is -0.170. The molecule has 1 aromatic carbocycles. The molecule has 0 aliphatic heterocycles. The lowest BCUT2D eigenvalue weighted by Gasteiger charge is -1.98. The monoisotopic (exact) mass is 300 g/mol. The number of rotatable bonds is 2. The largest absolute Gasteiger partial charge is 0.231 e. The fourth-order valence-electron chi connectivity index (χ4n) is 0.742. The summed E-state index contributed by atoms with van der Waals surface area (Å²) < 4.78 is 32.4. The van der Waals surface area contributed by atoms with Gasteiger partial charge in [0.15, 0.2) is 14.9 Å². The van der Waals surface area contributed by atoms with Crippen LogP contribution in [0, 0.1) is 0 Å². The average Bonchev–Trinajstić information content (AvgIpc) is 2.04. The third-order valence-electron chi connectivity index (χ3n) is 1.36. The molecule has 1 rings (SSSR count). The van der Waals surface area contributed by atoms with E-state index < -0.39 is 14.9 Å². The molecular formula is C7H6FIO2S. The molecule has 12 heavy (non-hydrogen) atoms. The standard InChI is InChI=1S/C7H6FIO2S/c8-7(9)5-1-3-6(4-2-5)12(10)11/h1-4,7,12H. The van der Waals surface area contributed by atoms with Crippen molar-refractivity contribution in [3.8, 4) is 0 Å². The van der Waals surface area contributed by atoms with Gasteiger partial charge in [-0.1, -0.05) is 12.1 Å². The third kappa shape index (κ3) is 2.41. The molecule has 2 nitrogen and oxygen atoms in total. The van der Waals surface area contributed by atoms with Gasteiger partial charge in [-0.2, -0.15) is 0 Å². The van der Waals surface area contributed by atoms with Crippen LogP contribution >= 0.6 is 22.6 Å². The van der Waals surface area contributed by atoms with Gasteiger partial charge in [0.2, 0.25) is 0 Å². The Morgan fingerprint density at radius 1 is 1.25 bits per heavy atom. The van der Waals surface area contributed by atoms with Crippen molar-refractivity contribution in [2.24, 2.45) is 0 Å². The Balaban J connectivity index is 3.01. The number of hydrogen-bond donors (Lipinski definition) is 1. The van der Waals surface area contributed by atoms with E-state index in [1.165, 1.54) is 24.3 Å². The molecule has 66 valence electrons.